The molecule has 1 aromatic rings. The molecular weight excluding hydrogens is 252 g/mol. The number of pyridine rings is 1. The van der Waals surface area contributed by atoms with Gasteiger partial charge in [-0.25, -0.2) is 4.98 Å². The predicted octanol–water partition coefficient (Wildman–Crippen LogP) is 2.68. The fraction of sp³-hybridized carbons (Fsp3) is 0.625. The summed E-state index contributed by atoms with van der Waals surface area (Å²) in [6, 6.07) is 3.64. The minimum Gasteiger partial charge on any atom is -0.494 e. The Bertz CT molecular complexity index is 489. The SMILES string of the molecule is COc1cccnc1C(=O)C1(N2CCCC2)CCCC1. The summed E-state index contributed by atoms with van der Waals surface area (Å²) in [6.45, 7) is 2.09. The second kappa shape index (κ2) is 5.52. The molecule has 0 bridgehead atoms. The highest BCUT2D eigenvalue weighted by atomic mass is 16.5. The van der Waals surface area contributed by atoms with Gasteiger partial charge in [0.05, 0.1) is 12.6 Å². The zero-order valence-electron chi connectivity index (χ0n) is 12.1. The number of likely N-dealkylation sites (tertiary alicyclic amines) is 1. The highest BCUT2D eigenvalue weighted by molar-refractivity contribution is 6.04. The van der Waals surface area contributed by atoms with Gasteiger partial charge in [-0.2, -0.15) is 0 Å². The molecule has 1 aliphatic carbocycles. The first-order valence-electron chi connectivity index (χ1n) is 7.57. The first kappa shape index (κ1) is 13.6. The van der Waals surface area contributed by atoms with E-state index in [1.165, 1.54) is 12.8 Å². The van der Waals surface area contributed by atoms with Crippen LogP contribution in [-0.4, -0.2) is 41.4 Å². The topological polar surface area (TPSA) is 42.4 Å². The van der Waals surface area contributed by atoms with Crippen molar-refractivity contribution in [2.24, 2.45) is 0 Å². The monoisotopic (exact) mass is 274 g/mol. The van der Waals surface area contributed by atoms with E-state index in [4.69, 9.17) is 4.74 Å². The Labute approximate surface area is 120 Å². The summed E-state index contributed by atoms with van der Waals surface area (Å²) in [5.41, 5.74) is 0.182. The van der Waals surface area contributed by atoms with Crippen LogP contribution < -0.4 is 4.74 Å². The van der Waals surface area contributed by atoms with Crippen molar-refractivity contribution in [1.29, 1.82) is 0 Å². The molecule has 0 radical (unpaired) electrons. The number of aromatic nitrogens is 1. The number of nitrogens with zero attached hydrogens (tertiary/aromatic N) is 2. The molecule has 108 valence electrons. The number of Topliss-reactive ketones (excluding diaryl/α,β-unsaturated/α-hetero) is 1. The number of carbonyl (C=O) groups is 1. The van der Waals surface area contributed by atoms with E-state index in [1.54, 1.807) is 13.3 Å². The predicted molar refractivity (Wildman–Crippen MR) is 77.1 cm³/mol. The molecule has 1 aliphatic heterocycles. The maximum absolute atomic E-state index is 13.2. The number of ketones is 1. The fourth-order valence-corrected chi connectivity index (χ4v) is 3.74. The van der Waals surface area contributed by atoms with E-state index in [-0.39, 0.29) is 11.3 Å². The maximum atomic E-state index is 13.2. The average molecular weight is 274 g/mol. The molecule has 1 saturated carbocycles. The zero-order chi connectivity index (χ0) is 14.0. The van der Waals surface area contributed by atoms with Crippen molar-refractivity contribution in [3.05, 3.63) is 24.0 Å². The number of rotatable bonds is 4. The normalized spacial score (nSPS) is 22.1. The molecule has 0 spiro atoms. The third-order valence-electron chi connectivity index (χ3n) is 4.77. The summed E-state index contributed by atoms with van der Waals surface area (Å²) in [5.74, 6) is 0.761. The third-order valence-corrected chi connectivity index (χ3v) is 4.77. The molecule has 2 heterocycles. The van der Waals surface area contributed by atoms with E-state index >= 15 is 0 Å². The fourth-order valence-electron chi connectivity index (χ4n) is 3.74. The van der Waals surface area contributed by atoms with Crippen molar-refractivity contribution in [1.82, 2.24) is 9.88 Å². The van der Waals surface area contributed by atoms with Crippen LogP contribution in [0.2, 0.25) is 0 Å². The Balaban J connectivity index is 1.97. The lowest BCUT2D eigenvalue weighted by atomic mass is 9.87. The quantitative estimate of drug-likeness (QED) is 0.792. The van der Waals surface area contributed by atoms with Crippen molar-refractivity contribution < 1.29 is 9.53 Å². The number of hydrogen-bond donors (Lipinski definition) is 0. The molecule has 2 aliphatic rings. The van der Waals surface area contributed by atoms with E-state index in [1.807, 2.05) is 12.1 Å². The molecule has 1 saturated heterocycles. The molecular formula is C16H22N2O2. The molecule has 4 nitrogen and oxygen atoms in total. The maximum Gasteiger partial charge on any atom is 0.205 e. The van der Waals surface area contributed by atoms with E-state index < -0.39 is 0 Å². The minimum atomic E-state index is -0.321. The van der Waals surface area contributed by atoms with Crippen LogP contribution in [0.4, 0.5) is 0 Å². The van der Waals surface area contributed by atoms with Crippen LogP contribution in [0.25, 0.3) is 0 Å². The molecule has 1 aromatic heterocycles. The summed E-state index contributed by atoms with van der Waals surface area (Å²) in [7, 11) is 1.60. The highest BCUT2D eigenvalue weighted by Crippen LogP contribution is 2.40. The Morgan fingerprint density at radius 3 is 2.60 bits per heavy atom. The van der Waals surface area contributed by atoms with Gasteiger partial charge >= 0.3 is 0 Å². The van der Waals surface area contributed by atoms with Gasteiger partial charge in [0.2, 0.25) is 5.78 Å². The van der Waals surface area contributed by atoms with Crippen molar-refractivity contribution in [3.63, 3.8) is 0 Å². The van der Waals surface area contributed by atoms with E-state index in [0.29, 0.717) is 11.4 Å². The van der Waals surface area contributed by atoms with Gasteiger partial charge in [-0.1, -0.05) is 12.8 Å². The van der Waals surface area contributed by atoms with Crippen LogP contribution >= 0.6 is 0 Å². The molecule has 3 rings (SSSR count). The van der Waals surface area contributed by atoms with Crippen LogP contribution in [-0.2, 0) is 0 Å². The van der Waals surface area contributed by atoms with Crippen molar-refractivity contribution in [2.75, 3.05) is 20.2 Å². The smallest absolute Gasteiger partial charge is 0.205 e. The van der Waals surface area contributed by atoms with Gasteiger partial charge in [-0.3, -0.25) is 9.69 Å². The highest BCUT2D eigenvalue weighted by Gasteiger charge is 2.48. The second-order valence-corrected chi connectivity index (χ2v) is 5.82. The first-order chi connectivity index (χ1) is 9.78. The minimum absolute atomic E-state index is 0.161. The Hall–Kier alpha value is -1.42. The van der Waals surface area contributed by atoms with E-state index in [0.717, 1.165) is 38.8 Å². The summed E-state index contributed by atoms with van der Waals surface area (Å²) in [5, 5.41) is 0. The van der Waals surface area contributed by atoms with Crippen LogP contribution in [0.15, 0.2) is 18.3 Å². The van der Waals surface area contributed by atoms with Gasteiger partial charge in [0.25, 0.3) is 0 Å². The van der Waals surface area contributed by atoms with Crippen LogP contribution in [0.3, 0.4) is 0 Å². The molecule has 4 heteroatoms. The van der Waals surface area contributed by atoms with Gasteiger partial charge in [-0.15, -0.1) is 0 Å². The summed E-state index contributed by atoms with van der Waals surface area (Å²) < 4.78 is 5.33. The number of hydrogen-bond acceptors (Lipinski definition) is 4. The Morgan fingerprint density at radius 2 is 1.95 bits per heavy atom. The molecule has 0 N–H and O–H groups in total. The first-order valence-corrected chi connectivity index (χ1v) is 7.57. The summed E-state index contributed by atoms with van der Waals surface area (Å²) in [4.78, 5) is 19.9. The summed E-state index contributed by atoms with van der Waals surface area (Å²) >= 11 is 0. The lowest BCUT2D eigenvalue weighted by Crippen LogP contribution is -2.51. The number of ether oxygens (including phenoxy) is 1. The molecule has 2 fully saturated rings. The molecule has 20 heavy (non-hydrogen) atoms. The van der Waals surface area contributed by atoms with E-state index in [9.17, 15) is 4.79 Å². The lowest BCUT2D eigenvalue weighted by Gasteiger charge is -2.37. The van der Waals surface area contributed by atoms with E-state index in [2.05, 4.69) is 9.88 Å². The number of methoxy groups -OCH3 is 1. The van der Waals surface area contributed by atoms with Gasteiger partial charge in [0.1, 0.15) is 11.4 Å². The summed E-state index contributed by atoms with van der Waals surface area (Å²) in [6.07, 6.45) is 8.29. The largest absolute Gasteiger partial charge is 0.494 e. The van der Waals surface area contributed by atoms with Gasteiger partial charge in [0.15, 0.2) is 0 Å². The van der Waals surface area contributed by atoms with Crippen LogP contribution in [0, 0.1) is 0 Å². The van der Waals surface area contributed by atoms with Crippen molar-refractivity contribution in [2.45, 2.75) is 44.1 Å². The second-order valence-electron chi connectivity index (χ2n) is 5.82. The van der Waals surface area contributed by atoms with Crippen LogP contribution in [0.5, 0.6) is 5.75 Å². The molecule has 0 atom stereocenters. The third kappa shape index (κ3) is 2.12. The Morgan fingerprint density at radius 1 is 1.25 bits per heavy atom. The van der Waals surface area contributed by atoms with Crippen molar-refractivity contribution in [3.8, 4) is 5.75 Å². The molecule has 0 unspecified atom stereocenters. The lowest BCUT2D eigenvalue weighted by molar-refractivity contribution is 0.0617. The Kier molecular flexibility index (Phi) is 3.74. The van der Waals surface area contributed by atoms with Crippen LogP contribution in [0.1, 0.15) is 49.0 Å². The molecule has 0 amide bonds. The molecule has 0 aromatic carbocycles. The van der Waals surface area contributed by atoms with Gasteiger partial charge in [-0.05, 0) is 50.9 Å². The standard InChI is InChI=1S/C16H22N2O2/c1-20-13-7-6-10-17-14(13)15(19)16(8-2-3-9-16)18-11-4-5-12-18/h6-7,10H,2-5,8-9,11-12H2,1H3. The van der Waals surface area contributed by atoms with Crippen molar-refractivity contribution >= 4 is 5.78 Å². The number of carbonyl (C=O) groups excluding carboxylic acids is 1. The van der Waals surface area contributed by atoms with Gasteiger partial charge in [0, 0.05) is 6.20 Å². The average Bonchev–Trinajstić information content (AvgIpc) is 3.17. The zero-order valence-corrected chi connectivity index (χ0v) is 12.1. The van der Waals surface area contributed by atoms with Gasteiger partial charge < -0.3 is 4.74 Å².